The topological polar surface area (TPSA) is 37.8 Å². The zero-order chi connectivity index (χ0) is 14.1. The van der Waals surface area contributed by atoms with Gasteiger partial charge in [0, 0.05) is 23.2 Å². The van der Waals surface area contributed by atoms with Crippen molar-refractivity contribution in [2.75, 3.05) is 12.3 Å². The maximum absolute atomic E-state index is 4.45. The molecule has 1 atom stereocenters. The van der Waals surface area contributed by atoms with Gasteiger partial charge in [-0.25, -0.2) is 9.97 Å². The molecular formula is C15H27N3S. The zero-order valence-corrected chi connectivity index (χ0v) is 13.5. The third-order valence-electron chi connectivity index (χ3n) is 2.97. The molecule has 1 heterocycles. The highest BCUT2D eigenvalue weighted by Gasteiger charge is 2.02. The Balaban J connectivity index is 2.13. The molecule has 0 aliphatic rings. The average Bonchev–Trinajstić information content (AvgIpc) is 2.34. The molecule has 0 fully saturated rings. The molecular weight excluding hydrogens is 254 g/mol. The summed E-state index contributed by atoms with van der Waals surface area (Å²) >= 11 is 1.78. The summed E-state index contributed by atoms with van der Waals surface area (Å²) in [5.74, 6) is 1.11. The lowest BCUT2D eigenvalue weighted by Gasteiger charge is -2.12. The smallest absolute Gasteiger partial charge is 0.187 e. The van der Waals surface area contributed by atoms with Gasteiger partial charge >= 0.3 is 0 Å². The molecule has 0 aromatic carbocycles. The Labute approximate surface area is 122 Å². The van der Waals surface area contributed by atoms with Gasteiger partial charge in [0.1, 0.15) is 0 Å². The lowest BCUT2D eigenvalue weighted by atomic mass is 10.1. The Kier molecular flexibility index (Phi) is 8.07. The van der Waals surface area contributed by atoms with Crippen LogP contribution in [0.4, 0.5) is 0 Å². The van der Waals surface area contributed by atoms with E-state index in [4.69, 9.17) is 0 Å². The van der Waals surface area contributed by atoms with Gasteiger partial charge in [-0.1, -0.05) is 25.1 Å². The molecule has 108 valence electrons. The predicted octanol–water partition coefficient (Wildman–Crippen LogP) is 3.74. The van der Waals surface area contributed by atoms with Crippen molar-refractivity contribution in [2.45, 2.75) is 64.6 Å². The molecule has 4 heteroatoms. The van der Waals surface area contributed by atoms with Gasteiger partial charge in [-0.15, -0.1) is 0 Å². The van der Waals surface area contributed by atoms with Gasteiger partial charge in [-0.3, -0.25) is 0 Å². The number of unbranched alkanes of at least 4 members (excludes halogenated alkanes) is 1. The van der Waals surface area contributed by atoms with Crippen LogP contribution in [0.3, 0.4) is 0 Å². The number of hydrogen-bond donors (Lipinski definition) is 1. The molecule has 0 spiro atoms. The summed E-state index contributed by atoms with van der Waals surface area (Å²) in [7, 11) is 0. The number of aromatic nitrogens is 2. The normalized spacial score (nSPS) is 12.6. The summed E-state index contributed by atoms with van der Waals surface area (Å²) in [5, 5.41) is 4.45. The number of aryl methyl sites for hydroxylation is 2. The van der Waals surface area contributed by atoms with E-state index >= 15 is 0 Å². The highest BCUT2D eigenvalue weighted by Crippen LogP contribution is 2.16. The van der Waals surface area contributed by atoms with Crippen LogP contribution in [0.15, 0.2) is 11.2 Å². The average molecular weight is 281 g/mol. The second kappa shape index (κ2) is 9.32. The molecule has 0 aliphatic heterocycles. The Morgan fingerprint density at radius 2 is 1.89 bits per heavy atom. The molecule has 0 saturated heterocycles. The van der Waals surface area contributed by atoms with Gasteiger partial charge < -0.3 is 5.32 Å². The fraction of sp³-hybridized carbons (Fsp3) is 0.733. The van der Waals surface area contributed by atoms with Gasteiger partial charge in [-0.2, -0.15) is 0 Å². The van der Waals surface area contributed by atoms with Crippen LogP contribution in [0.2, 0.25) is 0 Å². The summed E-state index contributed by atoms with van der Waals surface area (Å²) in [6.45, 7) is 9.67. The van der Waals surface area contributed by atoms with E-state index in [0.29, 0.717) is 6.04 Å². The lowest BCUT2D eigenvalue weighted by Crippen LogP contribution is -2.26. The van der Waals surface area contributed by atoms with Gasteiger partial charge in [-0.05, 0) is 52.6 Å². The Morgan fingerprint density at radius 1 is 1.21 bits per heavy atom. The Hall–Kier alpha value is -0.610. The third kappa shape index (κ3) is 7.53. The fourth-order valence-corrected chi connectivity index (χ4v) is 2.92. The maximum Gasteiger partial charge on any atom is 0.187 e. The molecule has 1 N–H and O–H groups in total. The molecule has 1 rings (SSSR count). The van der Waals surface area contributed by atoms with E-state index in [1.54, 1.807) is 11.8 Å². The van der Waals surface area contributed by atoms with Crippen LogP contribution in [0.1, 0.15) is 50.9 Å². The number of rotatable bonds is 9. The number of nitrogens with one attached hydrogen (secondary N) is 1. The van der Waals surface area contributed by atoms with E-state index in [1.807, 2.05) is 19.9 Å². The zero-order valence-electron chi connectivity index (χ0n) is 12.7. The van der Waals surface area contributed by atoms with E-state index in [9.17, 15) is 0 Å². The summed E-state index contributed by atoms with van der Waals surface area (Å²) < 4.78 is 0. The van der Waals surface area contributed by atoms with Crippen LogP contribution < -0.4 is 5.32 Å². The second-order valence-electron chi connectivity index (χ2n) is 5.13. The Bertz CT molecular complexity index is 348. The molecule has 1 aromatic heterocycles. The summed E-state index contributed by atoms with van der Waals surface area (Å²) in [5.41, 5.74) is 2.12. The molecule has 1 unspecified atom stereocenters. The van der Waals surface area contributed by atoms with Crippen molar-refractivity contribution < 1.29 is 0 Å². The molecule has 1 aromatic rings. The SMILES string of the molecule is CCCNC(C)CCCCSc1nc(C)cc(C)n1. The monoisotopic (exact) mass is 281 g/mol. The van der Waals surface area contributed by atoms with Gasteiger partial charge in [0.2, 0.25) is 0 Å². The van der Waals surface area contributed by atoms with Gasteiger partial charge in [0.25, 0.3) is 0 Å². The third-order valence-corrected chi connectivity index (χ3v) is 3.90. The van der Waals surface area contributed by atoms with Crippen molar-refractivity contribution in [3.05, 3.63) is 17.5 Å². The molecule has 0 saturated carbocycles. The van der Waals surface area contributed by atoms with Crippen LogP contribution in [-0.4, -0.2) is 28.3 Å². The van der Waals surface area contributed by atoms with Crippen LogP contribution in [-0.2, 0) is 0 Å². The van der Waals surface area contributed by atoms with E-state index in [0.717, 1.165) is 28.8 Å². The van der Waals surface area contributed by atoms with Crippen LogP contribution in [0.25, 0.3) is 0 Å². The first kappa shape index (κ1) is 16.4. The van der Waals surface area contributed by atoms with Crippen molar-refractivity contribution in [2.24, 2.45) is 0 Å². The first-order chi connectivity index (χ1) is 9.11. The number of hydrogen-bond acceptors (Lipinski definition) is 4. The largest absolute Gasteiger partial charge is 0.314 e. The second-order valence-corrected chi connectivity index (χ2v) is 6.19. The maximum atomic E-state index is 4.45. The van der Waals surface area contributed by atoms with Gasteiger partial charge in [0.15, 0.2) is 5.16 Å². The van der Waals surface area contributed by atoms with E-state index in [-0.39, 0.29) is 0 Å². The highest BCUT2D eigenvalue weighted by atomic mass is 32.2. The standard InChI is InChI=1S/C15H27N3S/c1-5-9-16-12(2)8-6-7-10-19-15-17-13(3)11-14(4)18-15/h11-12,16H,5-10H2,1-4H3. The van der Waals surface area contributed by atoms with Crippen LogP contribution in [0.5, 0.6) is 0 Å². The molecule has 0 radical (unpaired) electrons. The van der Waals surface area contributed by atoms with Crippen molar-refractivity contribution in [1.29, 1.82) is 0 Å². The summed E-state index contributed by atoms with van der Waals surface area (Å²) in [6.07, 6.45) is 4.98. The highest BCUT2D eigenvalue weighted by molar-refractivity contribution is 7.99. The van der Waals surface area contributed by atoms with Gasteiger partial charge in [0.05, 0.1) is 0 Å². The van der Waals surface area contributed by atoms with Crippen molar-refractivity contribution >= 4 is 11.8 Å². The minimum Gasteiger partial charge on any atom is -0.314 e. The minimum absolute atomic E-state index is 0.641. The Morgan fingerprint density at radius 3 is 2.53 bits per heavy atom. The minimum atomic E-state index is 0.641. The summed E-state index contributed by atoms with van der Waals surface area (Å²) in [4.78, 5) is 8.89. The van der Waals surface area contributed by atoms with Crippen LogP contribution in [0, 0.1) is 13.8 Å². The quantitative estimate of drug-likeness (QED) is 0.425. The molecule has 0 aliphatic carbocycles. The van der Waals surface area contributed by atoms with Crippen molar-refractivity contribution in [3.63, 3.8) is 0 Å². The van der Waals surface area contributed by atoms with Crippen LogP contribution >= 0.6 is 11.8 Å². The summed E-state index contributed by atoms with van der Waals surface area (Å²) in [6, 6.07) is 2.66. The number of nitrogens with zero attached hydrogens (tertiary/aromatic N) is 2. The van der Waals surface area contributed by atoms with E-state index in [2.05, 4.69) is 29.1 Å². The first-order valence-electron chi connectivity index (χ1n) is 7.30. The molecule has 0 amide bonds. The number of thioether (sulfide) groups is 1. The van der Waals surface area contributed by atoms with Crippen molar-refractivity contribution in [1.82, 2.24) is 15.3 Å². The lowest BCUT2D eigenvalue weighted by molar-refractivity contribution is 0.496. The molecule has 0 bridgehead atoms. The predicted molar refractivity (Wildman–Crippen MR) is 83.8 cm³/mol. The molecule has 3 nitrogen and oxygen atoms in total. The van der Waals surface area contributed by atoms with E-state index in [1.165, 1.54) is 25.7 Å². The van der Waals surface area contributed by atoms with E-state index < -0.39 is 0 Å². The fourth-order valence-electron chi connectivity index (χ4n) is 1.97. The van der Waals surface area contributed by atoms with Crippen molar-refractivity contribution in [3.8, 4) is 0 Å². The first-order valence-corrected chi connectivity index (χ1v) is 8.29. The molecule has 19 heavy (non-hydrogen) atoms.